The van der Waals surface area contributed by atoms with E-state index in [1.54, 1.807) is 0 Å². The van der Waals surface area contributed by atoms with Crippen molar-refractivity contribution >= 4 is 11.6 Å². The largest absolute Gasteiger partial charge is 0.508 e. The third kappa shape index (κ3) is 4.60. The topological polar surface area (TPSA) is 64.6 Å². The number of aromatic hydroxyl groups is 1. The molecular formula is C31H35N3O2. The first kappa shape index (κ1) is 23.1. The maximum atomic E-state index is 14.2. The number of benzene rings is 3. The maximum Gasteiger partial charge on any atom is 0.240 e. The van der Waals surface area contributed by atoms with Gasteiger partial charge in [-0.15, -0.1) is 0 Å². The van der Waals surface area contributed by atoms with Gasteiger partial charge in [0.25, 0.3) is 0 Å². The summed E-state index contributed by atoms with van der Waals surface area (Å²) in [4.78, 5) is 16.4. The van der Waals surface area contributed by atoms with E-state index in [2.05, 4.69) is 64.1 Å². The van der Waals surface area contributed by atoms with Crippen LogP contribution in [0.4, 0.5) is 5.69 Å². The first-order valence-corrected chi connectivity index (χ1v) is 13.3. The molecule has 2 aliphatic heterocycles. The van der Waals surface area contributed by atoms with Crippen molar-refractivity contribution in [1.29, 1.82) is 0 Å². The van der Waals surface area contributed by atoms with Gasteiger partial charge in [-0.1, -0.05) is 42.5 Å². The third-order valence-electron chi connectivity index (χ3n) is 8.03. The molecule has 3 aromatic carbocycles. The van der Waals surface area contributed by atoms with E-state index < -0.39 is 0 Å². The number of fused-ring (bicyclic) bond motifs is 2. The molecule has 2 heterocycles. The van der Waals surface area contributed by atoms with E-state index in [-0.39, 0.29) is 18.0 Å². The predicted octanol–water partition coefficient (Wildman–Crippen LogP) is 4.90. The minimum absolute atomic E-state index is 0.0995. The highest BCUT2D eigenvalue weighted by molar-refractivity contribution is 5.84. The number of amides is 1. The van der Waals surface area contributed by atoms with E-state index in [4.69, 9.17) is 0 Å². The Kier molecular flexibility index (Phi) is 6.18. The van der Waals surface area contributed by atoms with Crippen LogP contribution in [0.3, 0.4) is 0 Å². The summed E-state index contributed by atoms with van der Waals surface area (Å²) in [6.45, 7) is 3.67. The number of carbonyl (C=O) groups excluding carboxylic acids is 1. The highest BCUT2D eigenvalue weighted by Crippen LogP contribution is 2.42. The molecule has 3 aliphatic rings. The smallest absolute Gasteiger partial charge is 0.240 e. The second kappa shape index (κ2) is 9.62. The van der Waals surface area contributed by atoms with Crippen LogP contribution < -0.4 is 10.6 Å². The first-order valence-electron chi connectivity index (χ1n) is 13.3. The molecule has 0 aromatic heterocycles. The molecule has 0 radical (unpaired) electrons. The number of aryl methyl sites for hydroxylation is 1. The molecule has 186 valence electrons. The van der Waals surface area contributed by atoms with Gasteiger partial charge in [-0.3, -0.25) is 4.79 Å². The van der Waals surface area contributed by atoms with Crippen molar-refractivity contribution in [2.45, 2.75) is 63.6 Å². The van der Waals surface area contributed by atoms with Gasteiger partial charge in [0.05, 0.1) is 12.1 Å². The fraction of sp³-hybridized carbons (Fsp3) is 0.387. The number of carbonyl (C=O) groups is 1. The third-order valence-corrected chi connectivity index (χ3v) is 8.03. The Morgan fingerprint density at radius 1 is 1.00 bits per heavy atom. The van der Waals surface area contributed by atoms with Crippen LogP contribution in [0, 0.1) is 6.92 Å². The van der Waals surface area contributed by atoms with Crippen LogP contribution in [0.5, 0.6) is 5.75 Å². The zero-order valence-electron chi connectivity index (χ0n) is 21.0. The van der Waals surface area contributed by atoms with Gasteiger partial charge in [-0.05, 0) is 104 Å². The van der Waals surface area contributed by atoms with Crippen molar-refractivity contribution in [2.24, 2.45) is 0 Å². The van der Waals surface area contributed by atoms with Crippen molar-refractivity contribution in [3.8, 4) is 5.75 Å². The summed E-state index contributed by atoms with van der Waals surface area (Å²) in [7, 11) is 0. The number of hydrogen-bond donors (Lipinski definition) is 3. The molecule has 0 bridgehead atoms. The number of phenolic OH excluding ortho intramolecular Hbond substituents is 1. The fourth-order valence-electron chi connectivity index (χ4n) is 6.12. The van der Waals surface area contributed by atoms with Crippen molar-refractivity contribution in [3.63, 3.8) is 0 Å². The molecule has 1 aliphatic carbocycles. The van der Waals surface area contributed by atoms with Crippen LogP contribution in [0.1, 0.15) is 58.7 Å². The number of hydrogen-bond acceptors (Lipinski definition) is 4. The number of rotatable bonds is 5. The quantitative estimate of drug-likeness (QED) is 0.485. The molecular weight excluding hydrogens is 446 g/mol. The molecule has 6 rings (SSSR count). The zero-order chi connectivity index (χ0) is 24.6. The number of anilines is 1. The Bertz CT molecular complexity index is 1270. The second-order valence-corrected chi connectivity index (χ2v) is 10.7. The van der Waals surface area contributed by atoms with Gasteiger partial charge in [-0.2, -0.15) is 0 Å². The first-order chi connectivity index (χ1) is 17.6. The molecule has 5 heteroatoms. The molecule has 0 saturated heterocycles. The van der Waals surface area contributed by atoms with Crippen molar-refractivity contribution in [1.82, 2.24) is 10.2 Å². The van der Waals surface area contributed by atoms with Gasteiger partial charge < -0.3 is 20.6 Å². The molecule has 1 fully saturated rings. The lowest BCUT2D eigenvalue weighted by atomic mass is 9.91. The maximum absolute atomic E-state index is 14.2. The lowest BCUT2D eigenvalue weighted by Crippen LogP contribution is -2.50. The number of nitrogens with zero attached hydrogens (tertiary/aromatic N) is 1. The summed E-state index contributed by atoms with van der Waals surface area (Å²) in [5.41, 5.74) is 8.44. The molecule has 5 nitrogen and oxygen atoms in total. The van der Waals surface area contributed by atoms with E-state index >= 15 is 0 Å². The molecule has 3 N–H and O–H groups in total. The SMILES string of the molecule is Cc1cc(O)cc2c1CC(C(=O)N(C1CC1)C1CCNc3ccc(Cc4ccccc4)cc31)NCC2. The fourth-order valence-corrected chi connectivity index (χ4v) is 6.12. The van der Waals surface area contributed by atoms with Crippen LogP contribution in [-0.2, 0) is 24.1 Å². The molecule has 36 heavy (non-hydrogen) atoms. The molecule has 3 aromatic rings. The minimum Gasteiger partial charge on any atom is -0.508 e. The minimum atomic E-state index is -0.235. The van der Waals surface area contributed by atoms with Crippen LogP contribution in [0.25, 0.3) is 0 Å². The van der Waals surface area contributed by atoms with E-state index in [0.29, 0.717) is 18.2 Å². The molecule has 2 atom stereocenters. The summed E-state index contributed by atoms with van der Waals surface area (Å²) >= 11 is 0. The lowest BCUT2D eigenvalue weighted by Gasteiger charge is -2.39. The normalized spacial score (nSPS) is 21.0. The Labute approximate surface area is 213 Å². The summed E-state index contributed by atoms with van der Waals surface area (Å²) < 4.78 is 0. The average molecular weight is 482 g/mol. The van der Waals surface area contributed by atoms with E-state index in [9.17, 15) is 9.90 Å². The Morgan fingerprint density at radius 3 is 2.64 bits per heavy atom. The van der Waals surface area contributed by atoms with Crippen LogP contribution in [0.2, 0.25) is 0 Å². The summed E-state index contributed by atoms with van der Waals surface area (Å²) in [5.74, 6) is 0.539. The monoisotopic (exact) mass is 481 g/mol. The van der Waals surface area contributed by atoms with Gasteiger partial charge in [-0.25, -0.2) is 0 Å². The second-order valence-electron chi connectivity index (χ2n) is 10.7. The van der Waals surface area contributed by atoms with Crippen LogP contribution in [-0.4, -0.2) is 41.1 Å². The number of phenols is 1. The molecule has 1 saturated carbocycles. The van der Waals surface area contributed by atoms with Crippen LogP contribution >= 0.6 is 0 Å². The van der Waals surface area contributed by atoms with Gasteiger partial charge in [0.2, 0.25) is 5.91 Å². The van der Waals surface area contributed by atoms with E-state index in [1.165, 1.54) is 22.3 Å². The van der Waals surface area contributed by atoms with Gasteiger partial charge in [0, 0.05) is 18.3 Å². The highest BCUT2D eigenvalue weighted by atomic mass is 16.3. The standard InChI is InChI=1S/C31H35N3O2/c1-20-15-25(35)18-23-11-13-33-29(19-26(20)23)31(36)34(24-8-9-24)30-12-14-32-28-10-7-22(17-27(28)30)16-21-5-3-2-4-6-21/h2-7,10,15,17-18,24,29-30,32-33,35H,8-9,11-14,16,19H2,1H3. The zero-order valence-corrected chi connectivity index (χ0v) is 21.0. The van der Waals surface area contributed by atoms with Crippen molar-refractivity contribution < 1.29 is 9.90 Å². The van der Waals surface area contributed by atoms with Gasteiger partial charge in [0.1, 0.15) is 5.75 Å². The van der Waals surface area contributed by atoms with Crippen molar-refractivity contribution in [3.05, 3.63) is 94.0 Å². The average Bonchev–Trinajstić information content (AvgIpc) is 3.72. The van der Waals surface area contributed by atoms with Gasteiger partial charge >= 0.3 is 0 Å². The van der Waals surface area contributed by atoms with E-state index in [0.717, 1.165) is 62.0 Å². The molecule has 2 unspecified atom stereocenters. The Balaban J connectivity index is 1.30. The van der Waals surface area contributed by atoms with E-state index in [1.807, 2.05) is 19.1 Å². The Hall–Kier alpha value is -3.31. The summed E-state index contributed by atoms with van der Waals surface area (Å²) in [6.07, 6.45) is 5.51. The van der Waals surface area contributed by atoms with Crippen molar-refractivity contribution in [2.75, 3.05) is 18.4 Å². The highest BCUT2D eigenvalue weighted by Gasteiger charge is 2.42. The predicted molar refractivity (Wildman–Crippen MR) is 143 cm³/mol. The number of nitrogens with one attached hydrogen (secondary N) is 2. The summed E-state index contributed by atoms with van der Waals surface area (Å²) in [5, 5.41) is 17.2. The van der Waals surface area contributed by atoms with Crippen LogP contribution in [0.15, 0.2) is 60.7 Å². The Morgan fingerprint density at radius 2 is 1.83 bits per heavy atom. The summed E-state index contributed by atoms with van der Waals surface area (Å²) in [6, 6.07) is 21.2. The van der Waals surface area contributed by atoms with Gasteiger partial charge in [0.15, 0.2) is 0 Å². The lowest BCUT2D eigenvalue weighted by molar-refractivity contribution is -0.136. The molecule has 0 spiro atoms. The molecule has 1 amide bonds.